The molecule has 0 saturated heterocycles. The number of thiazole rings is 1. The molecule has 0 aliphatic carbocycles. The number of rotatable bonds is 6. The van der Waals surface area contributed by atoms with Gasteiger partial charge in [-0.15, -0.1) is 11.3 Å². The summed E-state index contributed by atoms with van der Waals surface area (Å²) in [5.74, 6) is -0.348. The minimum Gasteiger partial charge on any atom is -0.355 e. The van der Waals surface area contributed by atoms with E-state index in [1.807, 2.05) is 37.3 Å². The molecule has 1 heterocycles. The molecule has 134 valence electrons. The average Bonchev–Trinajstić information content (AvgIpc) is 2.96. The van der Waals surface area contributed by atoms with E-state index in [2.05, 4.69) is 10.3 Å². The van der Waals surface area contributed by atoms with Crippen molar-refractivity contribution in [3.63, 3.8) is 0 Å². The Kier molecular flexibility index (Phi) is 6.01. The third-order valence-electron chi connectivity index (χ3n) is 3.94. The van der Waals surface area contributed by atoms with Crippen LogP contribution in [0.1, 0.15) is 16.1 Å². The Hall–Kier alpha value is -2.24. The first kappa shape index (κ1) is 18.5. The van der Waals surface area contributed by atoms with Gasteiger partial charge in [0.1, 0.15) is 10.8 Å². The van der Waals surface area contributed by atoms with Gasteiger partial charge in [0.15, 0.2) is 0 Å². The summed E-state index contributed by atoms with van der Waals surface area (Å²) in [6.07, 6.45) is 0.828. The number of benzene rings is 2. The molecule has 3 nitrogen and oxygen atoms in total. The van der Waals surface area contributed by atoms with Crippen molar-refractivity contribution in [2.24, 2.45) is 0 Å². The van der Waals surface area contributed by atoms with Crippen LogP contribution in [0.4, 0.5) is 4.39 Å². The summed E-state index contributed by atoms with van der Waals surface area (Å²) in [5, 5.41) is 4.43. The van der Waals surface area contributed by atoms with Gasteiger partial charge in [0.25, 0.3) is 0 Å². The zero-order valence-electron chi connectivity index (χ0n) is 14.3. The second-order valence-corrected chi connectivity index (χ2v) is 7.58. The highest BCUT2D eigenvalue weighted by atomic mass is 35.5. The fourth-order valence-electron chi connectivity index (χ4n) is 2.56. The Morgan fingerprint density at radius 3 is 2.73 bits per heavy atom. The van der Waals surface area contributed by atoms with Gasteiger partial charge in [-0.25, -0.2) is 9.37 Å². The number of nitrogens with zero attached hydrogens (tertiary/aromatic N) is 1. The number of halogens is 2. The number of aryl methyl sites for hydroxylation is 1. The molecule has 0 atom stereocenters. The molecule has 0 aliphatic rings. The topological polar surface area (TPSA) is 42.0 Å². The summed E-state index contributed by atoms with van der Waals surface area (Å²) in [6.45, 7) is 2.43. The standard InChI is InChI=1S/C20H18ClFN2OS/c1-13-18(24-20(26-13)15-5-7-16(21)8-6-15)12-19(25)23-10-9-14-3-2-4-17(22)11-14/h2-8,11H,9-10,12H2,1H3,(H,23,25). The molecule has 0 bridgehead atoms. The van der Waals surface area contributed by atoms with E-state index in [4.69, 9.17) is 11.6 Å². The van der Waals surface area contributed by atoms with Crippen LogP contribution in [0.5, 0.6) is 0 Å². The van der Waals surface area contributed by atoms with Crippen molar-refractivity contribution < 1.29 is 9.18 Å². The molecule has 0 radical (unpaired) electrons. The third-order valence-corrected chi connectivity index (χ3v) is 5.25. The zero-order chi connectivity index (χ0) is 18.5. The number of carbonyl (C=O) groups is 1. The Labute approximate surface area is 160 Å². The number of amides is 1. The van der Waals surface area contributed by atoms with Gasteiger partial charge in [0.05, 0.1) is 12.1 Å². The predicted molar refractivity (Wildman–Crippen MR) is 104 cm³/mol. The molecule has 1 N–H and O–H groups in total. The smallest absolute Gasteiger partial charge is 0.226 e. The first-order valence-corrected chi connectivity index (χ1v) is 9.44. The van der Waals surface area contributed by atoms with E-state index in [1.54, 1.807) is 17.4 Å². The summed E-state index contributed by atoms with van der Waals surface area (Å²) in [6, 6.07) is 13.9. The van der Waals surface area contributed by atoms with Crippen LogP contribution in [-0.2, 0) is 17.6 Å². The van der Waals surface area contributed by atoms with Crippen molar-refractivity contribution in [1.82, 2.24) is 10.3 Å². The minimum atomic E-state index is -0.262. The Bertz CT molecular complexity index is 908. The SMILES string of the molecule is Cc1sc(-c2ccc(Cl)cc2)nc1CC(=O)NCCc1cccc(F)c1. The first-order valence-electron chi connectivity index (χ1n) is 8.24. The van der Waals surface area contributed by atoms with Crippen LogP contribution < -0.4 is 5.32 Å². The normalized spacial score (nSPS) is 10.7. The molecule has 3 aromatic rings. The molecular formula is C20H18ClFN2OS. The quantitative estimate of drug-likeness (QED) is 0.658. The van der Waals surface area contributed by atoms with Crippen LogP contribution in [-0.4, -0.2) is 17.4 Å². The highest BCUT2D eigenvalue weighted by molar-refractivity contribution is 7.15. The number of nitrogens with one attached hydrogen (secondary N) is 1. The number of carbonyl (C=O) groups excluding carboxylic acids is 1. The molecule has 1 aromatic heterocycles. The van der Waals surface area contributed by atoms with Gasteiger partial charge in [-0.2, -0.15) is 0 Å². The summed E-state index contributed by atoms with van der Waals surface area (Å²) in [7, 11) is 0. The van der Waals surface area contributed by atoms with E-state index in [0.29, 0.717) is 18.0 Å². The monoisotopic (exact) mass is 388 g/mol. The number of aromatic nitrogens is 1. The van der Waals surface area contributed by atoms with Gasteiger partial charge >= 0.3 is 0 Å². The summed E-state index contributed by atoms with van der Waals surface area (Å²) >= 11 is 7.48. The zero-order valence-corrected chi connectivity index (χ0v) is 15.8. The van der Waals surface area contributed by atoms with Crippen molar-refractivity contribution >= 4 is 28.8 Å². The van der Waals surface area contributed by atoms with Crippen molar-refractivity contribution in [1.29, 1.82) is 0 Å². The summed E-state index contributed by atoms with van der Waals surface area (Å²) in [5.41, 5.74) is 2.63. The molecule has 1 amide bonds. The summed E-state index contributed by atoms with van der Waals surface area (Å²) in [4.78, 5) is 17.8. The number of hydrogen-bond donors (Lipinski definition) is 1. The van der Waals surface area contributed by atoms with E-state index >= 15 is 0 Å². The molecule has 2 aromatic carbocycles. The molecule has 0 aliphatic heterocycles. The molecule has 0 spiro atoms. The maximum absolute atomic E-state index is 13.1. The van der Waals surface area contributed by atoms with Gasteiger partial charge in [-0.3, -0.25) is 4.79 Å². The Morgan fingerprint density at radius 1 is 1.23 bits per heavy atom. The predicted octanol–water partition coefficient (Wildman–Crippen LogP) is 4.81. The second-order valence-electron chi connectivity index (χ2n) is 5.94. The van der Waals surface area contributed by atoms with E-state index in [9.17, 15) is 9.18 Å². The molecule has 0 unspecified atom stereocenters. The fraction of sp³-hybridized carbons (Fsp3) is 0.200. The largest absolute Gasteiger partial charge is 0.355 e. The Balaban J connectivity index is 1.56. The van der Waals surface area contributed by atoms with Crippen LogP contribution in [0, 0.1) is 12.7 Å². The van der Waals surface area contributed by atoms with Gasteiger partial charge in [-0.05, 0) is 43.2 Å². The number of hydrogen-bond acceptors (Lipinski definition) is 3. The van der Waals surface area contributed by atoms with Crippen molar-refractivity contribution in [2.75, 3.05) is 6.54 Å². The van der Waals surface area contributed by atoms with Crippen molar-refractivity contribution in [3.8, 4) is 10.6 Å². The van der Waals surface area contributed by atoms with Crippen molar-refractivity contribution in [2.45, 2.75) is 19.8 Å². The third kappa shape index (κ3) is 4.90. The van der Waals surface area contributed by atoms with E-state index < -0.39 is 0 Å². The van der Waals surface area contributed by atoms with Crippen LogP contribution in [0.25, 0.3) is 10.6 Å². The van der Waals surface area contributed by atoms with Crippen molar-refractivity contribution in [3.05, 3.63) is 75.5 Å². The second kappa shape index (κ2) is 8.43. The van der Waals surface area contributed by atoms with Gasteiger partial charge in [0.2, 0.25) is 5.91 Å². The van der Waals surface area contributed by atoms with Crippen LogP contribution >= 0.6 is 22.9 Å². The molecular weight excluding hydrogens is 371 g/mol. The highest BCUT2D eigenvalue weighted by Crippen LogP contribution is 2.28. The fourth-order valence-corrected chi connectivity index (χ4v) is 3.62. The van der Waals surface area contributed by atoms with Crippen LogP contribution in [0.15, 0.2) is 48.5 Å². The van der Waals surface area contributed by atoms with Crippen LogP contribution in [0.2, 0.25) is 5.02 Å². The van der Waals surface area contributed by atoms with Gasteiger partial charge in [-0.1, -0.05) is 35.9 Å². The highest BCUT2D eigenvalue weighted by Gasteiger charge is 2.13. The lowest BCUT2D eigenvalue weighted by molar-refractivity contribution is -0.120. The molecule has 6 heteroatoms. The van der Waals surface area contributed by atoms with E-state index in [0.717, 1.165) is 26.7 Å². The minimum absolute atomic E-state index is 0.0857. The van der Waals surface area contributed by atoms with E-state index in [1.165, 1.54) is 12.1 Å². The van der Waals surface area contributed by atoms with Gasteiger partial charge in [0, 0.05) is 22.0 Å². The Morgan fingerprint density at radius 2 is 2.00 bits per heavy atom. The molecule has 0 saturated carbocycles. The lowest BCUT2D eigenvalue weighted by Crippen LogP contribution is -2.27. The molecule has 0 fully saturated rings. The summed E-state index contributed by atoms with van der Waals surface area (Å²) < 4.78 is 13.1. The molecule has 26 heavy (non-hydrogen) atoms. The van der Waals surface area contributed by atoms with Gasteiger partial charge < -0.3 is 5.32 Å². The molecule has 3 rings (SSSR count). The maximum Gasteiger partial charge on any atom is 0.226 e. The lowest BCUT2D eigenvalue weighted by atomic mass is 10.1. The first-order chi connectivity index (χ1) is 12.5. The maximum atomic E-state index is 13.1. The van der Waals surface area contributed by atoms with E-state index in [-0.39, 0.29) is 18.1 Å². The van der Waals surface area contributed by atoms with Crippen LogP contribution in [0.3, 0.4) is 0 Å². The lowest BCUT2D eigenvalue weighted by Gasteiger charge is -2.05. The average molecular weight is 389 g/mol.